The minimum atomic E-state index is -1.26. The van der Waals surface area contributed by atoms with Crippen molar-refractivity contribution >= 4 is 28.3 Å². The van der Waals surface area contributed by atoms with Gasteiger partial charge in [-0.15, -0.1) is 0 Å². The average molecular weight is 342 g/mol. The van der Waals surface area contributed by atoms with Crippen LogP contribution in [0.4, 0.5) is 11.4 Å². The second kappa shape index (κ2) is 5.61. The molecule has 0 spiro atoms. The molecule has 2 heterocycles. The molecule has 24 heavy (non-hydrogen) atoms. The van der Waals surface area contributed by atoms with Crippen molar-refractivity contribution < 1.29 is 14.6 Å². The number of nitro benzene ring substituents is 1. The average Bonchev–Trinajstić information content (AvgIpc) is 3.19. The van der Waals surface area contributed by atoms with Gasteiger partial charge in [0.25, 0.3) is 11.4 Å². The zero-order valence-electron chi connectivity index (χ0n) is 12.8. The van der Waals surface area contributed by atoms with Crippen LogP contribution in [0, 0.1) is 10.1 Å². The first-order valence-electron chi connectivity index (χ1n) is 7.67. The number of hydrogen-bond acceptors (Lipinski definition) is 5. The minimum absolute atomic E-state index is 0.00696. The first-order chi connectivity index (χ1) is 11.6. The van der Waals surface area contributed by atoms with Crippen LogP contribution in [0.15, 0.2) is 54.6 Å². The summed E-state index contributed by atoms with van der Waals surface area (Å²) < 4.78 is 1.95. The zero-order chi connectivity index (χ0) is 16.7. The minimum Gasteiger partial charge on any atom is -0.346 e. The number of hydrogen-bond donors (Lipinski definition) is 1. The van der Waals surface area contributed by atoms with Gasteiger partial charge in [-0.2, -0.15) is 0 Å². The van der Waals surface area contributed by atoms with Crippen LogP contribution in [0.2, 0.25) is 0 Å². The summed E-state index contributed by atoms with van der Waals surface area (Å²) in [5, 5.41) is 23.5. The summed E-state index contributed by atoms with van der Waals surface area (Å²) in [6, 6.07) is 16.2. The Morgan fingerprint density at radius 2 is 2.00 bits per heavy atom. The second-order valence-electron chi connectivity index (χ2n) is 5.83. The Hall–Kier alpha value is -2.38. The Labute approximate surface area is 143 Å². The van der Waals surface area contributed by atoms with Crippen molar-refractivity contribution in [3.8, 4) is 0 Å². The Kier molecular flexibility index (Phi) is 3.54. The molecule has 0 aromatic heterocycles. The van der Waals surface area contributed by atoms with Gasteiger partial charge in [0.1, 0.15) is 5.69 Å². The summed E-state index contributed by atoms with van der Waals surface area (Å²) in [5.41, 5.74) is 0.289. The van der Waals surface area contributed by atoms with Crippen LogP contribution >= 0.6 is 11.8 Å². The van der Waals surface area contributed by atoms with Crippen molar-refractivity contribution in [1.29, 1.82) is 0 Å². The largest absolute Gasteiger partial charge is 0.346 e. The first-order valence-corrected chi connectivity index (χ1v) is 8.65. The summed E-state index contributed by atoms with van der Waals surface area (Å²) >= 11 is 1.70. The molecule has 122 valence electrons. The van der Waals surface area contributed by atoms with Gasteiger partial charge in [-0.3, -0.25) is 10.1 Å². The highest BCUT2D eigenvalue weighted by molar-refractivity contribution is 8.14. The molecular weight excluding hydrogens is 326 g/mol. The molecule has 1 atom stereocenters. The van der Waals surface area contributed by atoms with Gasteiger partial charge in [0.2, 0.25) is 0 Å². The van der Waals surface area contributed by atoms with Crippen LogP contribution in [0.5, 0.6) is 0 Å². The van der Waals surface area contributed by atoms with Crippen molar-refractivity contribution in [3.05, 3.63) is 70.3 Å². The van der Waals surface area contributed by atoms with Gasteiger partial charge < -0.3 is 5.11 Å². The molecule has 0 fully saturated rings. The van der Waals surface area contributed by atoms with Crippen LogP contribution in [0.1, 0.15) is 5.56 Å². The zero-order valence-corrected chi connectivity index (χ0v) is 13.6. The van der Waals surface area contributed by atoms with Gasteiger partial charge in [0, 0.05) is 23.4 Å². The summed E-state index contributed by atoms with van der Waals surface area (Å²) in [7, 11) is 0. The summed E-state index contributed by atoms with van der Waals surface area (Å²) in [6.45, 7) is 1.06. The maximum absolute atomic E-state index is 11.4. The third-order valence-electron chi connectivity index (χ3n) is 4.42. The smallest absolute Gasteiger partial charge is 0.316 e. The molecule has 0 aliphatic carbocycles. The van der Waals surface area contributed by atoms with Crippen molar-refractivity contribution in [3.63, 3.8) is 0 Å². The maximum Gasteiger partial charge on any atom is 0.316 e. The van der Waals surface area contributed by atoms with Crippen LogP contribution < -0.4 is 4.90 Å². The molecule has 4 rings (SSSR count). The molecule has 0 unspecified atom stereocenters. The maximum atomic E-state index is 11.4. The lowest BCUT2D eigenvalue weighted by Crippen LogP contribution is -2.41. The fraction of sp³-hybridized carbons (Fsp3) is 0.235. The number of non-ortho nitro benzene ring substituents is 1. The molecule has 0 bridgehead atoms. The molecule has 2 aromatic carbocycles. The lowest BCUT2D eigenvalue weighted by molar-refractivity contribution is -0.650. The van der Waals surface area contributed by atoms with E-state index >= 15 is 0 Å². The number of aliphatic hydroxyl groups is 1. The van der Waals surface area contributed by atoms with Crippen LogP contribution in [-0.2, 0) is 5.72 Å². The molecule has 0 amide bonds. The van der Waals surface area contributed by atoms with Gasteiger partial charge in [0.05, 0.1) is 11.5 Å². The molecule has 2 aliphatic rings. The SMILES string of the molecule is O=[N+]([O-])c1cccc([C@]2(O)CN(c3ccccc3)C3=[N+]2CCS3)c1. The number of nitro groups is 1. The molecule has 2 aliphatic heterocycles. The van der Waals surface area contributed by atoms with E-state index in [0.717, 1.165) is 16.6 Å². The molecule has 0 saturated heterocycles. The number of nitrogens with zero attached hydrogens (tertiary/aromatic N) is 3. The predicted octanol–water partition coefficient (Wildman–Crippen LogP) is 2.38. The van der Waals surface area contributed by atoms with Crippen LogP contribution in [-0.4, -0.2) is 38.6 Å². The number of benzene rings is 2. The third kappa shape index (κ3) is 2.28. The lowest BCUT2D eigenvalue weighted by atomic mass is 10.0. The van der Waals surface area contributed by atoms with Crippen LogP contribution in [0.3, 0.4) is 0 Å². The second-order valence-corrected chi connectivity index (χ2v) is 6.89. The van der Waals surface area contributed by atoms with Crippen molar-refractivity contribution in [2.24, 2.45) is 0 Å². The van der Waals surface area contributed by atoms with E-state index in [9.17, 15) is 15.2 Å². The normalized spacial score (nSPS) is 22.8. The number of β-amino-alcohol motifs (C(OH)–C–C–N with tert-alkyl or cyclic N) is 1. The molecule has 6 nitrogen and oxygen atoms in total. The summed E-state index contributed by atoms with van der Waals surface area (Å²) in [5.74, 6) is 0.885. The van der Waals surface area contributed by atoms with Crippen molar-refractivity contribution in [2.45, 2.75) is 5.72 Å². The van der Waals surface area contributed by atoms with Gasteiger partial charge in [-0.25, -0.2) is 9.48 Å². The third-order valence-corrected chi connectivity index (χ3v) is 5.51. The van der Waals surface area contributed by atoms with E-state index in [-0.39, 0.29) is 5.69 Å². The fourth-order valence-electron chi connectivity index (χ4n) is 3.27. The topological polar surface area (TPSA) is 69.6 Å². The number of rotatable bonds is 3. The van der Waals surface area contributed by atoms with Gasteiger partial charge in [-0.1, -0.05) is 30.3 Å². The number of anilines is 1. The molecule has 0 saturated carbocycles. The highest BCUT2D eigenvalue weighted by Crippen LogP contribution is 2.38. The number of thioether (sulfide) groups is 1. The Morgan fingerprint density at radius 1 is 1.21 bits per heavy atom. The van der Waals surface area contributed by atoms with E-state index in [1.807, 2.05) is 34.9 Å². The molecular formula is C17H16N3O3S+. The quantitative estimate of drug-likeness (QED) is 0.527. The van der Waals surface area contributed by atoms with E-state index in [4.69, 9.17) is 0 Å². The molecule has 1 N–H and O–H groups in total. The fourth-order valence-corrected chi connectivity index (χ4v) is 4.45. The molecule has 7 heteroatoms. The van der Waals surface area contributed by atoms with Gasteiger partial charge in [0.15, 0.2) is 6.54 Å². The first kappa shape index (κ1) is 15.2. The van der Waals surface area contributed by atoms with Crippen molar-refractivity contribution in [1.82, 2.24) is 0 Å². The lowest BCUT2D eigenvalue weighted by Gasteiger charge is -2.22. The monoisotopic (exact) mass is 342 g/mol. The van der Waals surface area contributed by atoms with E-state index in [1.54, 1.807) is 23.9 Å². The Morgan fingerprint density at radius 3 is 2.75 bits per heavy atom. The van der Waals surface area contributed by atoms with E-state index < -0.39 is 10.6 Å². The highest BCUT2D eigenvalue weighted by atomic mass is 32.2. The highest BCUT2D eigenvalue weighted by Gasteiger charge is 2.54. The number of amidine groups is 1. The van der Waals surface area contributed by atoms with Gasteiger partial charge in [-0.05, 0) is 23.9 Å². The predicted molar refractivity (Wildman–Crippen MR) is 93.4 cm³/mol. The summed E-state index contributed by atoms with van der Waals surface area (Å²) in [4.78, 5) is 12.7. The summed E-state index contributed by atoms with van der Waals surface area (Å²) in [6.07, 6.45) is 0. The van der Waals surface area contributed by atoms with Gasteiger partial charge >= 0.3 is 5.17 Å². The Balaban J connectivity index is 1.79. The molecule has 0 radical (unpaired) electrons. The standard InChI is InChI=1S/C17H16N3O3S/c21-17(13-5-4-8-15(11-13)20(22)23)12-18(14-6-2-1-3-7-14)16-19(17)9-10-24-16/h1-8,11,21H,9-10,12H2/q+1/t17-/m1/s1. The van der Waals surface area contributed by atoms with E-state index in [1.165, 1.54) is 12.1 Å². The van der Waals surface area contributed by atoms with E-state index in [2.05, 4.69) is 4.90 Å². The van der Waals surface area contributed by atoms with E-state index in [0.29, 0.717) is 18.7 Å². The number of para-hydroxylation sites is 1. The molecule has 2 aromatic rings. The van der Waals surface area contributed by atoms with Crippen LogP contribution in [0.25, 0.3) is 0 Å². The van der Waals surface area contributed by atoms with Crippen molar-refractivity contribution in [2.75, 3.05) is 23.7 Å². The Bertz CT molecular complexity index is 840.